The molecular formula is C18H39O10P. The van der Waals surface area contributed by atoms with Crippen molar-refractivity contribution in [1.82, 2.24) is 0 Å². The van der Waals surface area contributed by atoms with E-state index < -0.39 is 7.82 Å². The normalized spacial score (nSPS) is 12.0. The molecule has 0 spiro atoms. The first-order valence-electron chi connectivity index (χ1n) is 10.2. The summed E-state index contributed by atoms with van der Waals surface area (Å²) in [6.07, 6.45) is 0. The van der Waals surface area contributed by atoms with Crippen LogP contribution in [-0.4, -0.2) is 99.1 Å². The van der Waals surface area contributed by atoms with Crippen molar-refractivity contribution in [2.24, 2.45) is 0 Å². The van der Waals surface area contributed by atoms with Gasteiger partial charge >= 0.3 is 7.82 Å². The van der Waals surface area contributed by atoms with Gasteiger partial charge in [0.05, 0.1) is 79.3 Å². The summed E-state index contributed by atoms with van der Waals surface area (Å²) in [6.45, 7) is 11.4. The molecule has 0 atom stereocenters. The van der Waals surface area contributed by atoms with Gasteiger partial charge < -0.3 is 28.4 Å². The van der Waals surface area contributed by atoms with Crippen molar-refractivity contribution in [2.75, 3.05) is 99.1 Å². The number of hydrogen-bond acceptors (Lipinski definition) is 10. The average molecular weight is 446 g/mol. The van der Waals surface area contributed by atoms with Crippen LogP contribution in [0.1, 0.15) is 20.8 Å². The molecule has 29 heavy (non-hydrogen) atoms. The summed E-state index contributed by atoms with van der Waals surface area (Å²) in [5.41, 5.74) is 0. The highest BCUT2D eigenvalue weighted by Gasteiger charge is 2.26. The standard InChI is InChI=1S/C18H39O10P/c1-4-20-7-10-23-13-16-26-29(19,27-17-14-24-11-8-21-5-2)28-18-15-25-12-9-22-6-3/h4-18H2,1-3H3. The van der Waals surface area contributed by atoms with Crippen LogP contribution in [0.15, 0.2) is 0 Å². The van der Waals surface area contributed by atoms with Crippen LogP contribution in [0.2, 0.25) is 0 Å². The Kier molecular flexibility index (Phi) is 22.5. The van der Waals surface area contributed by atoms with E-state index in [0.717, 1.165) is 0 Å². The SMILES string of the molecule is CCOCCOCCOP(=O)(OCCOCCOCC)OCCOCCOCC. The Morgan fingerprint density at radius 1 is 0.414 bits per heavy atom. The highest BCUT2D eigenvalue weighted by molar-refractivity contribution is 7.48. The highest BCUT2D eigenvalue weighted by atomic mass is 31.2. The fourth-order valence-corrected chi connectivity index (χ4v) is 2.95. The molecule has 0 aliphatic rings. The summed E-state index contributed by atoms with van der Waals surface area (Å²) < 4.78 is 60.1. The third kappa shape index (κ3) is 20.9. The summed E-state index contributed by atoms with van der Waals surface area (Å²) in [5, 5.41) is 0. The van der Waals surface area contributed by atoms with E-state index >= 15 is 0 Å². The molecule has 11 heteroatoms. The van der Waals surface area contributed by atoms with Crippen LogP contribution in [0.4, 0.5) is 0 Å². The smallest absolute Gasteiger partial charge is 0.379 e. The molecule has 0 aromatic heterocycles. The van der Waals surface area contributed by atoms with Crippen LogP contribution < -0.4 is 0 Å². The lowest BCUT2D eigenvalue weighted by molar-refractivity contribution is 0.00850. The van der Waals surface area contributed by atoms with E-state index in [-0.39, 0.29) is 39.6 Å². The van der Waals surface area contributed by atoms with Crippen LogP contribution in [0.5, 0.6) is 0 Å². The van der Waals surface area contributed by atoms with Crippen LogP contribution in [0.3, 0.4) is 0 Å². The minimum absolute atomic E-state index is 0.0692. The molecule has 0 N–H and O–H groups in total. The van der Waals surface area contributed by atoms with Gasteiger partial charge in [0, 0.05) is 19.8 Å². The number of phosphoric acid groups is 1. The Morgan fingerprint density at radius 2 is 0.655 bits per heavy atom. The van der Waals surface area contributed by atoms with Crippen molar-refractivity contribution in [2.45, 2.75) is 20.8 Å². The first-order chi connectivity index (χ1) is 14.2. The van der Waals surface area contributed by atoms with E-state index in [2.05, 4.69) is 0 Å². The van der Waals surface area contributed by atoms with Gasteiger partial charge in [-0.25, -0.2) is 4.57 Å². The van der Waals surface area contributed by atoms with E-state index in [0.29, 0.717) is 59.5 Å². The minimum Gasteiger partial charge on any atom is -0.379 e. The predicted molar refractivity (Wildman–Crippen MR) is 107 cm³/mol. The molecule has 0 aliphatic heterocycles. The molecule has 0 saturated carbocycles. The zero-order chi connectivity index (χ0) is 21.5. The predicted octanol–water partition coefficient (Wildman–Crippen LogP) is 2.30. The summed E-state index contributed by atoms with van der Waals surface area (Å²) in [4.78, 5) is 0. The van der Waals surface area contributed by atoms with Gasteiger partial charge in [-0.1, -0.05) is 0 Å². The van der Waals surface area contributed by atoms with Gasteiger partial charge in [0.2, 0.25) is 0 Å². The minimum atomic E-state index is -3.74. The molecule has 176 valence electrons. The highest BCUT2D eigenvalue weighted by Crippen LogP contribution is 2.49. The fourth-order valence-electron chi connectivity index (χ4n) is 1.83. The molecule has 0 aromatic carbocycles. The zero-order valence-electron chi connectivity index (χ0n) is 18.1. The molecule has 0 saturated heterocycles. The van der Waals surface area contributed by atoms with E-state index in [4.69, 9.17) is 42.0 Å². The molecule has 10 nitrogen and oxygen atoms in total. The topological polar surface area (TPSA) is 100 Å². The average Bonchev–Trinajstić information content (AvgIpc) is 2.72. The molecule has 0 radical (unpaired) electrons. The molecular weight excluding hydrogens is 407 g/mol. The second kappa shape index (κ2) is 22.6. The van der Waals surface area contributed by atoms with Crippen molar-refractivity contribution in [1.29, 1.82) is 0 Å². The Morgan fingerprint density at radius 3 is 0.931 bits per heavy atom. The van der Waals surface area contributed by atoms with E-state index in [1.807, 2.05) is 20.8 Å². The van der Waals surface area contributed by atoms with Crippen LogP contribution in [0.25, 0.3) is 0 Å². The van der Waals surface area contributed by atoms with E-state index in [1.165, 1.54) is 0 Å². The van der Waals surface area contributed by atoms with E-state index in [9.17, 15) is 4.57 Å². The van der Waals surface area contributed by atoms with Crippen molar-refractivity contribution < 1.29 is 46.6 Å². The maximum absolute atomic E-state index is 12.7. The molecule has 0 fully saturated rings. The number of ether oxygens (including phenoxy) is 6. The van der Waals surface area contributed by atoms with Crippen LogP contribution >= 0.6 is 7.82 Å². The molecule has 0 bridgehead atoms. The number of hydrogen-bond donors (Lipinski definition) is 0. The first-order valence-corrected chi connectivity index (χ1v) is 11.6. The van der Waals surface area contributed by atoms with Gasteiger partial charge in [-0.05, 0) is 20.8 Å². The van der Waals surface area contributed by atoms with Crippen LogP contribution in [-0.2, 0) is 46.6 Å². The van der Waals surface area contributed by atoms with Gasteiger partial charge in [0.1, 0.15) is 0 Å². The summed E-state index contributed by atoms with van der Waals surface area (Å²) in [6, 6.07) is 0. The molecule has 0 amide bonds. The fraction of sp³-hybridized carbons (Fsp3) is 1.00. The Labute approximate surface area is 175 Å². The summed E-state index contributed by atoms with van der Waals surface area (Å²) >= 11 is 0. The van der Waals surface area contributed by atoms with Crippen molar-refractivity contribution in [3.8, 4) is 0 Å². The van der Waals surface area contributed by atoms with Crippen LogP contribution in [0, 0.1) is 0 Å². The summed E-state index contributed by atoms with van der Waals surface area (Å²) in [7, 11) is -3.74. The molecule has 0 rings (SSSR count). The first kappa shape index (κ1) is 28.9. The third-order valence-corrected chi connectivity index (χ3v) is 4.66. The molecule has 0 heterocycles. The molecule has 0 aromatic rings. The summed E-state index contributed by atoms with van der Waals surface area (Å²) in [5.74, 6) is 0. The second-order valence-electron chi connectivity index (χ2n) is 5.37. The number of rotatable bonds is 24. The largest absolute Gasteiger partial charge is 0.475 e. The Balaban J connectivity index is 4.05. The van der Waals surface area contributed by atoms with Crippen molar-refractivity contribution in [3.63, 3.8) is 0 Å². The quantitative estimate of drug-likeness (QED) is 0.162. The maximum atomic E-state index is 12.7. The maximum Gasteiger partial charge on any atom is 0.475 e. The van der Waals surface area contributed by atoms with E-state index in [1.54, 1.807) is 0 Å². The third-order valence-electron chi connectivity index (χ3n) is 3.16. The van der Waals surface area contributed by atoms with Crippen molar-refractivity contribution >= 4 is 7.82 Å². The van der Waals surface area contributed by atoms with Gasteiger partial charge in [0.25, 0.3) is 0 Å². The zero-order valence-corrected chi connectivity index (χ0v) is 19.0. The van der Waals surface area contributed by atoms with Gasteiger partial charge in [-0.15, -0.1) is 0 Å². The number of phosphoric ester groups is 1. The van der Waals surface area contributed by atoms with Gasteiger partial charge in [0.15, 0.2) is 0 Å². The second-order valence-corrected chi connectivity index (χ2v) is 7.04. The van der Waals surface area contributed by atoms with Gasteiger partial charge in [-0.2, -0.15) is 0 Å². The Hall–Kier alpha value is -0.130. The lowest BCUT2D eigenvalue weighted by Gasteiger charge is -2.18. The monoisotopic (exact) mass is 446 g/mol. The lowest BCUT2D eigenvalue weighted by Crippen LogP contribution is -2.14. The molecule has 0 unspecified atom stereocenters. The lowest BCUT2D eigenvalue weighted by atomic mass is 10.7. The Bertz CT molecular complexity index is 320. The van der Waals surface area contributed by atoms with Crippen molar-refractivity contribution in [3.05, 3.63) is 0 Å². The molecule has 0 aliphatic carbocycles. The van der Waals surface area contributed by atoms with Gasteiger partial charge in [-0.3, -0.25) is 13.6 Å².